The summed E-state index contributed by atoms with van der Waals surface area (Å²) in [4.78, 5) is 0. The summed E-state index contributed by atoms with van der Waals surface area (Å²) in [5, 5.41) is 14.6. The van der Waals surface area contributed by atoms with Gasteiger partial charge in [-0.25, -0.2) is 13.2 Å². The number of benzene rings is 1. The standard InChI is InChI=1S/C16H13F6N7/c17-9-6-11(19)10(18)4-7(9)3-8(23)5-12-24-25-13-14-26-27-15(16(20,21)22)29(14)2-1-28(12)13/h4,6,8H,1-3,5,23H2/t8-/m1/s1. The third kappa shape index (κ3) is 3.45. The van der Waals surface area contributed by atoms with Gasteiger partial charge in [0.05, 0.1) is 0 Å². The van der Waals surface area contributed by atoms with Crippen LogP contribution in [0.1, 0.15) is 17.2 Å². The minimum Gasteiger partial charge on any atom is -0.327 e. The van der Waals surface area contributed by atoms with E-state index in [0.29, 0.717) is 11.9 Å². The highest BCUT2D eigenvalue weighted by Crippen LogP contribution is 2.32. The van der Waals surface area contributed by atoms with Gasteiger partial charge in [0.2, 0.25) is 17.5 Å². The van der Waals surface area contributed by atoms with Crippen LogP contribution in [0.2, 0.25) is 0 Å². The SMILES string of the molecule is N[C@H](Cc1cc(F)c(F)cc1F)Cc1nnc2n1CCn1c-2nnc1C(F)(F)F. The minimum atomic E-state index is -4.65. The Hall–Kier alpha value is -2.96. The largest absolute Gasteiger partial charge is 0.451 e. The van der Waals surface area contributed by atoms with E-state index in [0.717, 1.165) is 10.6 Å². The van der Waals surface area contributed by atoms with E-state index in [-0.39, 0.29) is 43.1 Å². The summed E-state index contributed by atoms with van der Waals surface area (Å²) in [6, 6.07) is 0.472. The van der Waals surface area contributed by atoms with Gasteiger partial charge in [-0.15, -0.1) is 20.4 Å². The molecule has 0 radical (unpaired) electrons. The molecule has 1 aliphatic rings. The molecule has 154 valence electrons. The molecule has 0 aliphatic carbocycles. The Balaban J connectivity index is 1.56. The van der Waals surface area contributed by atoms with Gasteiger partial charge in [0, 0.05) is 31.6 Å². The minimum absolute atomic E-state index is 0.0394. The van der Waals surface area contributed by atoms with Crippen LogP contribution >= 0.6 is 0 Å². The fourth-order valence-corrected chi connectivity index (χ4v) is 3.29. The lowest BCUT2D eigenvalue weighted by molar-refractivity contribution is -0.147. The number of hydrogen-bond acceptors (Lipinski definition) is 5. The first kappa shape index (κ1) is 19.4. The number of fused-ring (bicyclic) bond motifs is 3. The highest BCUT2D eigenvalue weighted by molar-refractivity contribution is 5.46. The van der Waals surface area contributed by atoms with Crippen molar-refractivity contribution < 1.29 is 26.3 Å². The summed E-state index contributed by atoms with van der Waals surface area (Å²) >= 11 is 0. The second-order valence-electron chi connectivity index (χ2n) is 6.61. The maximum Gasteiger partial charge on any atom is 0.451 e. The Bertz CT molecular complexity index is 1070. The lowest BCUT2D eigenvalue weighted by atomic mass is 10.0. The molecule has 0 bridgehead atoms. The smallest absolute Gasteiger partial charge is 0.327 e. The maximum absolute atomic E-state index is 13.8. The number of nitrogens with zero attached hydrogens (tertiary/aromatic N) is 6. The van der Waals surface area contributed by atoms with Crippen molar-refractivity contribution in [1.82, 2.24) is 29.5 Å². The molecule has 0 spiro atoms. The fraction of sp³-hybridized carbons (Fsp3) is 0.375. The van der Waals surface area contributed by atoms with Crippen LogP contribution in [0.25, 0.3) is 11.6 Å². The van der Waals surface area contributed by atoms with Gasteiger partial charge in [-0.1, -0.05) is 0 Å². The zero-order valence-electron chi connectivity index (χ0n) is 14.6. The number of hydrogen-bond donors (Lipinski definition) is 1. The summed E-state index contributed by atoms with van der Waals surface area (Å²) in [5.41, 5.74) is 5.90. The van der Waals surface area contributed by atoms with Crippen molar-refractivity contribution in [3.63, 3.8) is 0 Å². The molecule has 3 heterocycles. The van der Waals surface area contributed by atoms with Crippen LogP contribution in [0.4, 0.5) is 26.3 Å². The average molecular weight is 417 g/mol. The molecule has 1 aliphatic heterocycles. The van der Waals surface area contributed by atoms with E-state index in [2.05, 4.69) is 20.4 Å². The first-order chi connectivity index (χ1) is 13.6. The monoisotopic (exact) mass is 417 g/mol. The van der Waals surface area contributed by atoms with Gasteiger partial charge in [-0.3, -0.25) is 4.57 Å². The van der Waals surface area contributed by atoms with Gasteiger partial charge < -0.3 is 10.3 Å². The van der Waals surface area contributed by atoms with Gasteiger partial charge in [0.15, 0.2) is 11.6 Å². The molecule has 2 N–H and O–H groups in total. The number of alkyl halides is 3. The maximum atomic E-state index is 13.8. The Morgan fingerprint density at radius 2 is 1.48 bits per heavy atom. The van der Waals surface area contributed by atoms with Crippen molar-refractivity contribution in [2.24, 2.45) is 5.73 Å². The van der Waals surface area contributed by atoms with Crippen molar-refractivity contribution >= 4 is 0 Å². The molecule has 1 atom stereocenters. The molecular formula is C16H13F6N7. The summed E-state index contributed by atoms with van der Waals surface area (Å²) < 4.78 is 81.6. The van der Waals surface area contributed by atoms with Crippen LogP contribution in [0, 0.1) is 17.5 Å². The second kappa shape index (κ2) is 6.83. The molecule has 0 saturated carbocycles. The molecule has 7 nitrogen and oxygen atoms in total. The van der Waals surface area contributed by atoms with E-state index >= 15 is 0 Å². The van der Waals surface area contributed by atoms with E-state index in [4.69, 9.17) is 5.73 Å². The van der Waals surface area contributed by atoms with Crippen LogP contribution < -0.4 is 5.73 Å². The molecule has 0 unspecified atom stereocenters. The first-order valence-corrected chi connectivity index (χ1v) is 8.47. The number of halogens is 6. The van der Waals surface area contributed by atoms with Gasteiger partial charge >= 0.3 is 6.18 Å². The van der Waals surface area contributed by atoms with E-state index in [1.807, 2.05) is 0 Å². The van der Waals surface area contributed by atoms with Crippen LogP contribution in [-0.4, -0.2) is 35.6 Å². The predicted molar refractivity (Wildman–Crippen MR) is 85.7 cm³/mol. The van der Waals surface area contributed by atoms with Crippen LogP contribution in [0.3, 0.4) is 0 Å². The van der Waals surface area contributed by atoms with Crippen molar-refractivity contribution in [2.45, 2.75) is 38.1 Å². The molecule has 2 aromatic heterocycles. The molecule has 0 saturated heterocycles. The number of aromatic nitrogens is 6. The molecule has 1 aromatic carbocycles. The van der Waals surface area contributed by atoms with Gasteiger partial charge in [0.25, 0.3) is 0 Å². The van der Waals surface area contributed by atoms with Crippen LogP contribution in [0.5, 0.6) is 0 Å². The Morgan fingerprint density at radius 3 is 2.21 bits per heavy atom. The van der Waals surface area contributed by atoms with Crippen molar-refractivity contribution in [3.8, 4) is 11.6 Å². The Kier molecular flexibility index (Phi) is 4.56. The highest BCUT2D eigenvalue weighted by atomic mass is 19.4. The molecule has 0 fully saturated rings. The van der Waals surface area contributed by atoms with E-state index in [1.165, 1.54) is 0 Å². The molecule has 3 aromatic rings. The number of rotatable bonds is 4. The molecule has 13 heteroatoms. The van der Waals surface area contributed by atoms with E-state index in [1.54, 1.807) is 4.57 Å². The van der Waals surface area contributed by atoms with Crippen LogP contribution in [-0.2, 0) is 32.1 Å². The Labute approximate surface area is 159 Å². The van der Waals surface area contributed by atoms with E-state index in [9.17, 15) is 26.3 Å². The zero-order valence-corrected chi connectivity index (χ0v) is 14.6. The van der Waals surface area contributed by atoms with Gasteiger partial charge in [0.1, 0.15) is 11.6 Å². The fourth-order valence-electron chi connectivity index (χ4n) is 3.29. The molecule has 4 rings (SSSR count). The number of nitrogens with two attached hydrogens (primary N) is 1. The summed E-state index contributed by atoms with van der Waals surface area (Å²) in [6.07, 6.45) is -4.65. The lowest BCUT2D eigenvalue weighted by Crippen LogP contribution is -2.29. The van der Waals surface area contributed by atoms with E-state index < -0.39 is 35.5 Å². The summed E-state index contributed by atoms with van der Waals surface area (Å²) in [7, 11) is 0. The predicted octanol–water partition coefficient (Wildman–Crippen LogP) is 2.10. The quantitative estimate of drug-likeness (QED) is 0.519. The van der Waals surface area contributed by atoms with Gasteiger partial charge in [-0.05, 0) is 18.1 Å². The third-order valence-corrected chi connectivity index (χ3v) is 4.60. The molecular weight excluding hydrogens is 404 g/mol. The van der Waals surface area contributed by atoms with Crippen molar-refractivity contribution in [2.75, 3.05) is 0 Å². The summed E-state index contributed by atoms with van der Waals surface area (Å²) in [5.74, 6) is -4.12. The lowest BCUT2D eigenvalue weighted by Gasteiger charge is -2.19. The van der Waals surface area contributed by atoms with Crippen molar-refractivity contribution in [1.29, 1.82) is 0 Å². The second-order valence-corrected chi connectivity index (χ2v) is 6.61. The third-order valence-electron chi connectivity index (χ3n) is 4.60. The highest BCUT2D eigenvalue weighted by Gasteiger charge is 2.40. The van der Waals surface area contributed by atoms with Gasteiger partial charge in [-0.2, -0.15) is 13.2 Å². The average Bonchev–Trinajstić information content (AvgIpc) is 3.23. The van der Waals surface area contributed by atoms with Crippen molar-refractivity contribution in [3.05, 3.63) is 46.8 Å². The molecule has 29 heavy (non-hydrogen) atoms. The normalized spacial score (nSPS) is 14.6. The molecule has 0 amide bonds. The van der Waals surface area contributed by atoms with Crippen LogP contribution in [0.15, 0.2) is 12.1 Å². The summed E-state index contributed by atoms with van der Waals surface area (Å²) in [6.45, 7) is 0.0975. The first-order valence-electron chi connectivity index (χ1n) is 8.47. The zero-order chi connectivity index (χ0) is 20.9. The Morgan fingerprint density at radius 1 is 0.862 bits per heavy atom. The topological polar surface area (TPSA) is 87.4 Å².